The number of hydrogen-bond donors (Lipinski definition) is 4. The zero-order valence-electron chi connectivity index (χ0n) is 14.1. The molecule has 0 aliphatic rings. The summed E-state index contributed by atoms with van der Waals surface area (Å²) in [6.45, 7) is -1.000. The molecule has 28 heavy (non-hydrogen) atoms. The number of nitrogens with one attached hydrogen (secondary N) is 2. The summed E-state index contributed by atoms with van der Waals surface area (Å²) in [4.78, 5) is 9.93. The van der Waals surface area contributed by atoms with E-state index in [1.165, 1.54) is 30.6 Å². The lowest BCUT2D eigenvalue weighted by atomic mass is 10.1. The molecule has 0 aliphatic heterocycles. The molecule has 0 saturated carbocycles. The number of alkyl halides is 3. The van der Waals surface area contributed by atoms with Crippen LogP contribution in [0.4, 0.5) is 13.2 Å². The molecule has 3 rings (SSSR count). The van der Waals surface area contributed by atoms with Crippen molar-refractivity contribution >= 4 is 21.1 Å². The molecule has 150 valence electrons. The summed E-state index contributed by atoms with van der Waals surface area (Å²) >= 11 is 0. The van der Waals surface area contributed by atoms with Gasteiger partial charge in [0.15, 0.2) is 5.03 Å². The van der Waals surface area contributed by atoms with Crippen molar-refractivity contribution in [1.82, 2.24) is 19.7 Å². The maximum atomic E-state index is 12.9. The number of rotatable bonds is 6. The summed E-state index contributed by atoms with van der Waals surface area (Å²) in [5.74, 6) is 0. The van der Waals surface area contributed by atoms with Crippen LogP contribution in [0.2, 0.25) is 0 Å². The molecule has 0 aliphatic carbocycles. The van der Waals surface area contributed by atoms with E-state index in [4.69, 9.17) is 5.11 Å². The van der Waals surface area contributed by atoms with E-state index in [1.807, 2.05) is 0 Å². The van der Waals surface area contributed by atoms with Crippen LogP contribution in [0.3, 0.4) is 0 Å². The Morgan fingerprint density at radius 3 is 2.57 bits per heavy atom. The van der Waals surface area contributed by atoms with Crippen LogP contribution in [0.1, 0.15) is 5.69 Å². The van der Waals surface area contributed by atoms with Gasteiger partial charge < -0.3 is 15.2 Å². The third-order valence-corrected chi connectivity index (χ3v) is 5.22. The van der Waals surface area contributed by atoms with Gasteiger partial charge >= 0.3 is 6.18 Å². The molecule has 0 fully saturated rings. The van der Waals surface area contributed by atoms with Crippen molar-refractivity contribution in [2.24, 2.45) is 0 Å². The summed E-state index contributed by atoms with van der Waals surface area (Å²) < 4.78 is 65.1. The third-order valence-electron chi connectivity index (χ3n) is 3.88. The smallest absolute Gasteiger partial charge is 0.394 e. The minimum atomic E-state index is -4.56. The zero-order chi connectivity index (χ0) is 20.5. The molecular weight excluding hydrogens is 401 g/mol. The van der Waals surface area contributed by atoms with Crippen LogP contribution >= 0.6 is 0 Å². The van der Waals surface area contributed by atoms with Crippen molar-refractivity contribution in [2.45, 2.75) is 17.3 Å². The van der Waals surface area contributed by atoms with Crippen molar-refractivity contribution in [3.63, 3.8) is 0 Å². The largest absolute Gasteiger partial charge is 0.431 e. The van der Waals surface area contributed by atoms with E-state index in [0.717, 1.165) is 6.07 Å². The number of sulfonamides is 1. The van der Waals surface area contributed by atoms with Crippen LogP contribution in [-0.2, 0) is 16.2 Å². The van der Waals surface area contributed by atoms with Crippen molar-refractivity contribution in [3.05, 3.63) is 42.4 Å². The molecule has 1 atom stereocenters. The molecule has 1 unspecified atom stereocenters. The fourth-order valence-corrected chi connectivity index (χ4v) is 3.47. The highest BCUT2D eigenvalue weighted by Gasteiger charge is 2.33. The predicted molar refractivity (Wildman–Crippen MR) is 92.6 cm³/mol. The quantitative estimate of drug-likeness (QED) is 0.479. The Hall–Kier alpha value is -2.54. The standard InChI is InChI=1S/C16H15F3N4O4S/c17-16(18,19)13-5-12-11(3-4-20-15(12)23-13)9-1-2-14(21-6-9)28(26,27)22-7-10(25)8-24/h1-6,10,22,24-25H,7-8H2,(H,20,23). The minimum Gasteiger partial charge on any atom is -0.394 e. The van der Waals surface area contributed by atoms with Gasteiger partial charge in [0, 0.05) is 29.9 Å². The molecular formula is C16H15F3N4O4S. The Morgan fingerprint density at radius 2 is 1.96 bits per heavy atom. The maximum Gasteiger partial charge on any atom is 0.431 e. The van der Waals surface area contributed by atoms with E-state index >= 15 is 0 Å². The lowest BCUT2D eigenvalue weighted by Crippen LogP contribution is -2.34. The van der Waals surface area contributed by atoms with E-state index in [0.29, 0.717) is 11.1 Å². The number of aliphatic hydroxyl groups excluding tert-OH is 2. The number of aromatic amines is 1. The average Bonchev–Trinajstić information content (AvgIpc) is 3.11. The molecule has 0 radical (unpaired) electrons. The first-order valence-corrected chi connectivity index (χ1v) is 9.40. The second-order valence-electron chi connectivity index (χ2n) is 5.87. The van der Waals surface area contributed by atoms with E-state index in [2.05, 4.69) is 19.7 Å². The topological polar surface area (TPSA) is 128 Å². The number of aromatic nitrogens is 3. The van der Waals surface area contributed by atoms with Gasteiger partial charge in [0.25, 0.3) is 10.0 Å². The Morgan fingerprint density at radius 1 is 1.21 bits per heavy atom. The highest BCUT2D eigenvalue weighted by atomic mass is 32.2. The molecule has 0 spiro atoms. The minimum absolute atomic E-state index is 0.0428. The predicted octanol–water partition coefficient (Wildman–Crippen LogP) is 1.28. The molecule has 8 nitrogen and oxygen atoms in total. The van der Waals surface area contributed by atoms with Gasteiger partial charge in [-0.05, 0) is 29.8 Å². The van der Waals surface area contributed by atoms with Crippen LogP contribution in [0.5, 0.6) is 0 Å². The van der Waals surface area contributed by atoms with Crippen molar-refractivity contribution < 1.29 is 31.8 Å². The number of nitrogens with zero attached hydrogens (tertiary/aromatic N) is 2. The molecule has 0 amide bonds. The van der Waals surface area contributed by atoms with Crippen molar-refractivity contribution in [3.8, 4) is 11.1 Å². The van der Waals surface area contributed by atoms with Gasteiger partial charge in [0.1, 0.15) is 11.3 Å². The Balaban J connectivity index is 1.93. The average molecular weight is 416 g/mol. The number of halogens is 3. The van der Waals surface area contributed by atoms with Crippen molar-refractivity contribution in [2.75, 3.05) is 13.2 Å². The molecule has 0 bridgehead atoms. The molecule has 3 aromatic rings. The number of H-pyrrole nitrogens is 1. The lowest BCUT2D eigenvalue weighted by Gasteiger charge is -2.10. The van der Waals surface area contributed by atoms with Crippen molar-refractivity contribution in [1.29, 1.82) is 0 Å². The number of aliphatic hydroxyl groups is 2. The zero-order valence-corrected chi connectivity index (χ0v) is 14.9. The maximum absolute atomic E-state index is 12.9. The Labute approximate surface area is 157 Å². The molecule has 4 N–H and O–H groups in total. The van der Waals surface area contributed by atoms with E-state index in [-0.39, 0.29) is 16.1 Å². The van der Waals surface area contributed by atoms with Gasteiger partial charge in [-0.3, -0.25) is 0 Å². The summed E-state index contributed by atoms with van der Waals surface area (Å²) in [6, 6.07) is 5.02. The summed E-state index contributed by atoms with van der Waals surface area (Å²) in [7, 11) is -4.02. The van der Waals surface area contributed by atoms with Gasteiger partial charge in [-0.25, -0.2) is 23.1 Å². The van der Waals surface area contributed by atoms with Crippen LogP contribution in [0.25, 0.3) is 22.2 Å². The van der Waals surface area contributed by atoms with Gasteiger partial charge in [0.2, 0.25) is 0 Å². The number of pyridine rings is 2. The fourth-order valence-electron chi connectivity index (χ4n) is 2.47. The summed E-state index contributed by atoms with van der Waals surface area (Å²) in [5.41, 5.74) is -0.103. The monoisotopic (exact) mass is 416 g/mol. The second-order valence-corrected chi connectivity index (χ2v) is 7.59. The third kappa shape index (κ3) is 4.14. The van der Waals surface area contributed by atoms with Crippen LogP contribution in [0, 0.1) is 0 Å². The first-order valence-electron chi connectivity index (χ1n) is 7.92. The second kappa shape index (κ2) is 7.47. The number of hydrogen-bond acceptors (Lipinski definition) is 6. The first kappa shape index (κ1) is 20.2. The van der Waals surface area contributed by atoms with E-state index < -0.39 is 41.1 Å². The highest BCUT2D eigenvalue weighted by Crippen LogP contribution is 2.34. The molecule has 0 saturated heterocycles. The van der Waals surface area contributed by atoms with Crippen LogP contribution in [-0.4, -0.2) is 52.8 Å². The van der Waals surface area contributed by atoms with E-state index in [9.17, 15) is 26.7 Å². The van der Waals surface area contributed by atoms with Gasteiger partial charge in [-0.1, -0.05) is 0 Å². The van der Waals surface area contributed by atoms with Gasteiger partial charge in [0.05, 0.1) is 12.7 Å². The first-order chi connectivity index (χ1) is 13.1. The lowest BCUT2D eigenvalue weighted by molar-refractivity contribution is -0.140. The number of fused-ring (bicyclic) bond motifs is 1. The summed E-state index contributed by atoms with van der Waals surface area (Å²) in [6.07, 6.45) is -3.27. The Kier molecular flexibility index (Phi) is 5.39. The summed E-state index contributed by atoms with van der Waals surface area (Å²) in [5, 5.41) is 17.8. The van der Waals surface area contributed by atoms with Gasteiger partial charge in [-0.2, -0.15) is 13.2 Å². The van der Waals surface area contributed by atoms with Gasteiger partial charge in [-0.15, -0.1) is 0 Å². The fraction of sp³-hybridized carbons (Fsp3) is 0.250. The molecule has 0 aromatic carbocycles. The molecule has 3 aromatic heterocycles. The van der Waals surface area contributed by atoms with Crippen LogP contribution < -0.4 is 4.72 Å². The van der Waals surface area contributed by atoms with Crippen LogP contribution in [0.15, 0.2) is 41.7 Å². The Bertz CT molecular complexity index is 1080. The highest BCUT2D eigenvalue weighted by molar-refractivity contribution is 7.89. The molecule has 12 heteroatoms. The SMILES string of the molecule is O=S(=O)(NCC(O)CO)c1ccc(-c2ccnc3[nH]c(C(F)(F)F)cc23)cn1. The molecule has 3 heterocycles. The van der Waals surface area contributed by atoms with E-state index in [1.54, 1.807) is 0 Å². The normalized spacial score (nSPS) is 13.8.